The summed E-state index contributed by atoms with van der Waals surface area (Å²) >= 11 is 12.2. The molecule has 29 heavy (non-hydrogen) atoms. The van der Waals surface area contributed by atoms with Gasteiger partial charge in [-0.2, -0.15) is 0 Å². The molecular weight excluding hydrogens is 427 g/mol. The topological polar surface area (TPSA) is 25.2 Å². The highest BCUT2D eigenvalue weighted by atomic mass is 35.5. The highest BCUT2D eigenvalue weighted by Gasteiger charge is 2.13. The Morgan fingerprint density at radius 3 is 2.59 bits per heavy atom. The summed E-state index contributed by atoms with van der Waals surface area (Å²) in [7, 11) is 4.08. The first-order valence-corrected chi connectivity index (χ1v) is 10.4. The number of aryl methyl sites for hydroxylation is 1. The normalized spacial score (nSPS) is 11.1. The molecule has 1 aromatic heterocycles. The lowest BCUT2D eigenvalue weighted by Crippen LogP contribution is -2.19. The van der Waals surface area contributed by atoms with E-state index >= 15 is 0 Å². The van der Waals surface area contributed by atoms with Crippen molar-refractivity contribution in [2.24, 2.45) is 7.05 Å². The van der Waals surface area contributed by atoms with Crippen LogP contribution in [-0.2, 0) is 13.6 Å². The van der Waals surface area contributed by atoms with Gasteiger partial charge in [0.2, 0.25) is 0 Å². The molecule has 1 heterocycles. The number of hydrogen-bond acceptors (Lipinski definition) is 2. The fourth-order valence-corrected chi connectivity index (χ4v) is 4.03. The third-order valence-corrected chi connectivity index (χ3v) is 5.68. The molecule has 6 heteroatoms. The summed E-state index contributed by atoms with van der Waals surface area (Å²) in [6, 6.07) is 13.7. The van der Waals surface area contributed by atoms with Crippen LogP contribution in [0, 0.1) is 0 Å². The molecule has 0 amide bonds. The van der Waals surface area contributed by atoms with E-state index in [2.05, 4.69) is 18.0 Å². The van der Waals surface area contributed by atoms with Crippen molar-refractivity contribution in [2.75, 3.05) is 13.6 Å². The molecule has 0 atom stereocenters. The largest absolute Gasteiger partial charge is 0.350 e. The molecule has 3 rings (SSSR count). The van der Waals surface area contributed by atoms with Crippen molar-refractivity contribution in [3.63, 3.8) is 0 Å². The number of aromatic nitrogens is 1. The summed E-state index contributed by atoms with van der Waals surface area (Å²) in [6.07, 6.45) is 5.56. The molecule has 0 unspecified atom stereocenters. The van der Waals surface area contributed by atoms with Gasteiger partial charge in [-0.1, -0.05) is 53.9 Å². The number of unbranched alkanes of at least 4 members (excludes halogenated alkanes) is 2. The second-order valence-electron chi connectivity index (χ2n) is 7.38. The summed E-state index contributed by atoms with van der Waals surface area (Å²) < 4.78 is 2.03. The molecule has 0 aliphatic carbocycles. The van der Waals surface area contributed by atoms with Gasteiger partial charge >= 0.3 is 0 Å². The molecule has 0 aliphatic rings. The highest BCUT2D eigenvalue weighted by Crippen LogP contribution is 2.23. The lowest BCUT2D eigenvalue weighted by atomic mass is 10.0. The van der Waals surface area contributed by atoms with Gasteiger partial charge in [0, 0.05) is 52.7 Å². The van der Waals surface area contributed by atoms with Gasteiger partial charge in [0.1, 0.15) is 0 Å². The summed E-state index contributed by atoms with van der Waals surface area (Å²) in [5, 5.41) is 2.42. The zero-order chi connectivity index (χ0) is 20.1. The van der Waals surface area contributed by atoms with Gasteiger partial charge in [-0.3, -0.25) is 4.79 Å². The van der Waals surface area contributed by atoms with E-state index in [1.54, 1.807) is 6.07 Å². The first-order valence-electron chi connectivity index (χ1n) is 9.65. The summed E-state index contributed by atoms with van der Waals surface area (Å²) in [6.45, 7) is 1.77. The van der Waals surface area contributed by atoms with Gasteiger partial charge < -0.3 is 9.47 Å². The van der Waals surface area contributed by atoms with Crippen molar-refractivity contribution in [3.05, 3.63) is 69.8 Å². The average Bonchev–Trinajstić information content (AvgIpc) is 3.01. The lowest BCUT2D eigenvalue weighted by molar-refractivity contribution is 0.0980. The second-order valence-corrected chi connectivity index (χ2v) is 8.22. The van der Waals surface area contributed by atoms with Gasteiger partial charge in [0.25, 0.3) is 0 Å². The van der Waals surface area contributed by atoms with Crippen LogP contribution in [0.1, 0.15) is 41.6 Å². The van der Waals surface area contributed by atoms with Crippen LogP contribution in [0.2, 0.25) is 10.0 Å². The molecule has 2 aromatic carbocycles. The molecule has 0 radical (unpaired) electrons. The molecule has 0 N–H and O–H groups in total. The Morgan fingerprint density at radius 1 is 1.07 bits per heavy atom. The van der Waals surface area contributed by atoms with Gasteiger partial charge in [-0.05, 0) is 50.2 Å². The Bertz CT molecular complexity index is 968. The molecule has 0 aliphatic heterocycles. The average molecular weight is 454 g/mol. The van der Waals surface area contributed by atoms with Crippen molar-refractivity contribution in [2.45, 2.75) is 32.2 Å². The third kappa shape index (κ3) is 6.23. The highest BCUT2D eigenvalue weighted by molar-refractivity contribution is 6.35. The maximum absolute atomic E-state index is 12.6. The molecule has 0 saturated carbocycles. The zero-order valence-corrected chi connectivity index (χ0v) is 19.2. The summed E-state index contributed by atoms with van der Waals surface area (Å²) in [5.41, 5.74) is 3.03. The standard InChI is InChI=1S/C23H26Cl2N2O.ClH/c1-26(15-17-11-12-18(24)14-21(17)25)13-7-3-4-10-23(28)20-16-27(2)22-9-6-5-8-19(20)22;/h5-6,8-9,11-12,14,16H,3-4,7,10,13,15H2,1-2H3;1H. The van der Waals surface area contributed by atoms with Crippen molar-refractivity contribution >= 4 is 52.3 Å². The number of para-hydroxylation sites is 1. The van der Waals surface area contributed by atoms with Crippen molar-refractivity contribution in [1.29, 1.82) is 0 Å². The maximum atomic E-state index is 12.6. The predicted octanol–water partition coefficient (Wildman–Crippen LogP) is 6.78. The molecule has 156 valence electrons. The minimum Gasteiger partial charge on any atom is -0.350 e. The van der Waals surface area contributed by atoms with E-state index in [9.17, 15) is 4.79 Å². The first-order chi connectivity index (χ1) is 13.5. The smallest absolute Gasteiger partial charge is 0.165 e. The Labute approximate surface area is 189 Å². The number of fused-ring (bicyclic) bond motifs is 1. The first kappa shape index (κ1) is 23.8. The molecule has 3 aromatic rings. The quantitative estimate of drug-likeness (QED) is 0.263. The van der Waals surface area contributed by atoms with Crippen molar-refractivity contribution in [3.8, 4) is 0 Å². The predicted molar refractivity (Wildman–Crippen MR) is 126 cm³/mol. The Hall–Kier alpha value is -1.52. The van der Waals surface area contributed by atoms with E-state index in [0.29, 0.717) is 16.5 Å². The van der Waals surface area contributed by atoms with E-state index in [0.717, 1.165) is 54.4 Å². The Balaban J connectivity index is 0.00000300. The van der Waals surface area contributed by atoms with Crippen molar-refractivity contribution in [1.82, 2.24) is 9.47 Å². The Morgan fingerprint density at radius 2 is 1.83 bits per heavy atom. The molecule has 3 nitrogen and oxygen atoms in total. The molecule has 0 saturated heterocycles. The number of carbonyl (C=O) groups excluding carboxylic acids is 1. The van der Waals surface area contributed by atoms with Crippen LogP contribution < -0.4 is 0 Å². The number of Topliss-reactive ketones (excluding diaryl/α,β-unsaturated/α-hetero) is 1. The van der Waals surface area contributed by atoms with Crippen LogP contribution in [0.4, 0.5) is 0 Å². The number of nitrogens with zero attached hydrogens (tertiary/aromatic N) is 2. The van der Waals surface area contributed by atoms with Crippen LogP contribution in [0.25, 0.3) is 10.9 Å². The molecule has 0 bridgehead atoms. The van der Waals surface area contributed by atoms with Gasteiger partial charge in [0.05, 0.1) is 0 Å². The minimum atomic E-state index is 0. The van der Waals surface area contributed by atoms with Crippen LogP contribution >= 0.6 is 35.6 Å². The zero-order valence-electron chi connectivity index (χ0n) is 16.8. The monoisotopic (exact) mass is 452 g/mol. The van der Waals surface area contributed by atoms with Crippen LogP contribution in [0.3, 0.4) is 0 Å². The summed E-state index contributed by atoms with van der Waals surface area (Å²) in [4.78, 5) is 14.9. The number of rotatable bonds is 9. The number of benzene rings is 2. The number of hydrogen-bond donors (Lipinski definition) is 0. The van der Waals surface area contributed by atoms with E-state index < -0.39 is 0 Å². The van der Waals surface area contributed by atoms with Crippen LogP contribution in [0.15, 0.2) is 48.7 Å². The van der Waals surface area contributed by atoms with E-state index in [1.165, 1.54) is 0 Å². The van der Waals surface area contributed by atoms with Gasteiger partial charge in [-0.25, -0.2) is 0 Å². The number of ketones is 1. The SMILES string of the molecule is CN(CCCCCC(=O)c1cn(C)c2ccccc12)Cc1ccc(Cl)cc1Cl.Cl. The number of halogens is 3. The number of carbonyl (C=O) groups is 1. The van der Waals surface area contributed by atoms with E-state index in [-0.39, 0.29) is 18.2 Å². The van der Waals surface area contributed by atoms with E-state index in [1.807, 2.05) is 48.1 Å². The molecule has 0 fully saturated rings. The molecule has 0 spiro atoms. The fourth-order valence-electron chi connectivity index (χ4n) is 3.56. The molecular formula is C23H27Cl3N2O. The fraction of sp³-hybridized carbons (Fsp3) is 0.348. The van der Waals surface area contributed by atoms with Crippen molar-refractivity contribution < 1.29 is 4.79 Å². The summed E-state index contributed by atoms with van der Waals surface area (Å²) in [5.74, 6) is 0.234. The minimum absolute atomic E-state index is 0. The third-order valence-electron chi connectivity index (χ3n) is 5.10. The van der Waals surface area contributed by atoms with Crippen LogP contribution in [-0.4, -0.2) is 28.8 Å². The van der Waals surface area contributed by atoms with Gasteiger partial charge in [-0.15, -0.1) is 12.4 Å². The Kier molecular flexibility index (Phi) is 9.04. The van der Waals surface area contributed by atoms with Crippen LogP contribution in [0.5, 0.6) is 0 Å². The second kappa shape index (κ2) is 11.0. The maximum Gasteiger partial charge on any atom is 0.165 e. The van der Waals surface area contributed by atoms with E-state index in [4.69, 9.17) is 23.2 Å². The van der Waals surface area contributed by atoms with Gasteiger partial charge in [0.15, 0.2) is 5.78 Å². The lowest BCUT2D eigenvalue weighted by Gasteiger charge is -2.17.